The fourth-order valence-corrected chi connectivity index (χ4v) is 1.58. The van der Waals surface area contributed by atoms with Crippen molar-refractivity contribution in [3.8, 4) is 11.5 Å². The van der Waals surface area contributed by atoms with Gasteiger partial charge in [0, 0.05) is 10.5 Å². The van der Waals surface area contributed by atoms with Gasteiger partial charge in [-0.25, -0.2) is 4.39 Å². The van der Waals surface area contributed by atoms with Gasteiger partial charge in [-0.15, -0.1) is 0 Å². The third-order valence-corrected chi connectivity index (χ3v) is 2.70. The molecule has 0 unspecified atom stereocenters. The number of nitrogens with zero attached hydrogens (tertiary/aromatic N) is 1. The fraction of sp³-hybridized carbons (Fsp3) is 0. The second-order valence-electron chi connectivity index (χ2n) is 3.43. The van der Waals surface area contributed by atoms with Gasteiger partial charge < -0.3 is 4.74 Å². The number of rotatable bonds is 3. The van der Waals surface area contributed by atoms with Crippen molar-refractivity contribution >= 4 is 21.6 Å². The van der Waals surface area contributed by atoms with Crippen LogP contribution in [0.2, 0.25) is 0 Å². The minimum absolute atomic E-state index is 0.0528. The molecule has 0 aliphatic carbocycles. The Balaban J connectivity index is 2.24. The zero-order chi connectivity index (χ0) is 13.1. The standard InChI is InChI=1S/C12H7BrFNO3/c13-8-1-4-10(5-2-8)18-12-6-3-9(15(16)17)7-11(12)14/h1-7H. The quantitative estimate of drug-likeness (QED) is 0.627. The summed E-state index contributed by atoms with van der Waals surface area (Å²) >= 11 is 3.27. The van der Waals surface area contributed by atoms with E-state index in [2.05, 4.69) is 15.9 Å². The summed E-state index contributed by atoms with van der Waals surface area (Å²) in [6.07, 6.45) is 0. The van der Waals surface area contributed by atoms with Crippen LogP contribution in [0.5, 0.6) is 11.5 Å². The van der Waals surface area contributed by atoms with Crippen LogP contribution in [0.3, 0.4) is 0 Å². The van der Waals surface area contributed by atoms with Gasteiger partial charge in [0.1, 0.15) is 5.75 Å². The minimum atomic E-state index is -0.771. The van der Waals surface area contributed by atoms with E-state index in [0.717, 1.165) is 10.5 Å². The van der Waals surface area contributed by atoms with E-state index in [9.17, 15) is 14.5 Å². The molecule has 18 heavy (non-hydrogen) atoms. The van der Waals surface area contributed by atoms with Crippen LogP contribution < -0.4 is 4.74 Å². The summed E-state index contributed by atoms with van der Waals surface area (Å²) in [6.45, 7) is 0. The predicted octanol–water partition coefficient (Wildman–Crippen LogP) is 4.29. The molecule has 0 aliphatic rings. The average Bonchev–Trinajstić information content (AvgIpc) is 2.34. The summed E-state index contributed by atoms with van der Waals surface area (Å²) in [5.74, 6) is -0.374. The number of nitro groups is 1. The van der Waals surface area contributed by atoms with E-state index in [-0.39, 0.29) is 11.4 Å². The topological polar surface area (TPSA) is 52.4 Å². The van der Waals surface area contributed by atoms with E-state index < -0.39 is 10.7 Å². The molecule has 0 atom stereocenters. The molecule has 0 aromatic heterocycles. The molecule has 0 spiro atoms. The van der Waals surface area contributed by atoms with Crippen molar-refractivity contribution in [1.82, 2.24) is 0 Å². The summed E-state index contributed by atoms with van der Waals surface area (Å²) < 4.78 is 19.7. The van der Waals surface area contributed by atoms with Crippen molar-refractivity contribution in [1.29, 1.82) is 0 Å². The van der Waals surface area contributed by atoms with Gasteiger partial charge in [-0.1, -0.05) is 15.9 Å². The Hall–Kier alpha value is -1.95. The lowest BCUT2D eigenvalue weighted by Crippen LogP contribution is -1.92. The Labute approximate surface area is 110 Å². The van der Waals surface area contributed by atoms with Crippen LogP contribution in [-0.2, 0) is 0 Å². The number of non-ortho nitro benzene ring substituents is 1. The van der Waals surface area contributed by atoms with Crippen LogP contribution in [-0.4, -0.2) is 4.92 Å². The highest BCUT2D eigenvalue weighted by molar-refractivity contribution is 9.10. The highest BCUT2D eigenvalue weighted by Gasteiger charge is 2.12. The van der Waals surface area contributed by atoms with E-state index in [1.807, 2.05) is 0 Å². The maximum atomic E-state index is 13.5. The second-order valence-corrected chi connectivity index (χ2v) is 4.34. The number of ether oxygens (including phenoxy) is 1. The first-order chi connectivity index (χ1) is 8.56. The second kappa shape index (κ2) is 5.14. The molecule has 2 aromatic carbocycles. The lowest BCUT2D eigenvalue weighted by molar-refractivity contribution is -0.385. The molecule has 0 saturated carbocycles. The van der Waals surface area contributed by atoms with Crippen LogP contribution >= 0.6 is 15.9 Å². The predicted molar refractivity (Wildman–Crippen MR) is 67.3 cm³/mol. The van der Waals surface area contributed by atoms with Gasteiger partial charge in [-0.05, 0) is 30.3 Å². The monoisotopic (exact) mass is 311 g/mol. The molecule has 0 bridgehead atoms. The zero-order valence-corrected chi connectivity index (χ0v) is 10.6. The highest BCUT2D eigenvalue weighted by atomic mass is 79.9. The van der Waals surface area contributed by atoms with E-state index in [0.29, 0.717) is 5.75 Å². The van der Waals surface area contributed by atoms with Crippen molar-refractivity contribution in [2.75, 3.05) is 0 Å². The molecule has 0 radical (unpaired) electrons. The van der Waals surface area contributed by atoms with Crippen LogP contribution in [0, 0.1) is 15.9 Å². The Morgan fingerprint density at radius 2 is 1.83 bits per heavy atom. The molecule has 0 N–H and O–H groups in total. The molecule has 0 aliphatic heterocycles. The first kappa shape index (κ1) is 12.5. The number of halogens is 2. The van der Waals surface area contributed by atoms with Gasteiger partial charge in [0.25, 0.3) is 5.69 Å². The van der Waals surface area contributed by atoms with Crippen LogP contribution in [0.25, 0.3) is 0 Å². The molecular weight excluding hydrogens is 305 g/mol. The molecule has 92 valence electrons. The number of hydrogen-bond acceptors (Lipinski definition) is 3. The SMILES string of the molecule is O=[N+]([O-])c1ccc(Oc2ccc(Br)cc2)c(F)c1. The molecule has 0 heterocycles. The Morgan fingerprint density at radius 1 is 1.17 bits per heavy atom. The first-order valence-electron chi connectivity index (χ1n) is 4.93. The largest absolute Gasteiger partial charge is 0.454 e. The highest BCUT2D eigenvalue weighted by Crippen LogP contribution is 2.28. The number of benzene rings is 2. The zero-order valence-electron chi connectivity index (χ0n) is 8.97. The normalized spacial score (nSPS) is 10.1. The maximum Gasteiger partial charge on any atom is 0.272 e. The number of hydrogen-bond donors (Lipinski definition) is 0. The van der Waals surface area contributed by atoms with Gasteiger partial charge in [0.05, 0.1) is 11.0 Å². The van der Waals surface area contributed by atoms with Crippen molar-refractivity contribution < 1.29 is 14.1 Å². The van der Waals surface area contributed by atoms with Gasteiger partial charge in [0.15, 0.2) is 11.6 Å². The molecule has 6 heteroatoms. The first-order valence-corrected chi connectivity index (χ1v) is 5.73. The summed E-state index contributed by atoms with van der Waals surface area (Å²) in [5.41, 5.74) is -0.310. The average molecular weight is 312 g/mol. The van der Waals surface area contributed by atoms with E-state index in [1.165, 1.54) is 12.1 Å². The molecule has 2 aromatic rings. The lowest BCUT2D eigenvalue weighted by atomic mass is 10.3. The summed E-state index contributed by atoms with van der Waals surface area (Å²) in [4.78, 5) is 9.79. The Kier molecular flexibility index (Phi) is 3.57. The fourth-order valence-electron chi connectivity index (χ4n) is 1.32. The van der Waals surface area contributed by atoms with Crippen LogP contribution in [0.1, 0.15) is 0 Å². The molecule has 2 rings (SSSR count). The third-order valence-electron chi connectivity index (χ3n) is 2.17. The molecule has 0 saturated heterocycles. The van der Waals surface area contributed by atoms with E-state index >= 15 is 0 Å². The molecule has 0 fully saturated rings. The maximum absolute atomic E-state index is 13.5. The number of nitro benzene ring substituents is 1. The van der Waals surface area contributed by atoms with Crippen molar-refractivity contribution in [3.05, 3.63) is 62.9 Å². The Morgan fingerprint density at radius 3 is 2.39 bits per heavy atom. The van der Waals surface area contributed by atoms with Crippen LogP contribution in [0.15, 0.2) is 46.9 Å². The van der Waals surface area contributed by atoms with E-state index in [4.69, 9.17) is 4.74 Å². The van der Waals surface area contributed by atoms with Gasteiger partial charge in [-0.3, -0.25) is 10.1 Å². The van der Waals surface area contributed by atoms with Crippen LogP contribution in [0.4, 0.5) is 10.1 Å². The third kappa shape index (κ3) is 2.84. The molecular formula is C12H7BrFNO3. The molecule has 4 nitrogen and oxygen atoms in total. The van der Waals surface area contributed by atoms with Gasteiger partial charge >= 0.3 is 0 Å². The minimum Gasteiger partial charge on any atom is -0.454 e. The molecule has 0 amide bonds. The summed E-state index contributed by atoms with van der Waals surface area (Å²) in [7, 11) is 0. The van der Waals surface area contributed by atoms with E-state index in [1.54, 1.807) is 24.3 Å². The smallest absolute Gasteiger partial charge is 0.272 e. The van der Waals surface area contributed by atoms with Gasteiger partial charge in [-0.2, -0.15) is 0 Å². The van der Waals surface area contributed by atoms with Crippen molar-refractivity contribution in [2.45, 2.75) is 0 Å². The lowest BCUT2D eigenvalue weighted by Gasteiger charge is -2.06. The van der Waals surface area contributed by atoms with Gasteiger partial charge in [0.2, 0.25) is 0 Å². The van der Waals surface area contributed by atoms with Crippen molar-refractivity contribution in [3.63, 3.8) is 0 Å². The van der Waals surface area contributed by atoms with Crippen molar-refractivity contribution in [2.24, 2.45) is 0 Å². The Bertz CT molecular complexity index is 586. The summed E-state index contributed by atoms with van der Waals surface area (Å²) in [6, 6.07) is 10.1. The summed E-state index contributed by atoms with van der Waals surface area (Å²) in [5, 5.41) is 10.5.